The highest BCUT2D eigenvalue weighted by atomic mass is 28.3. The summed E-state index contributed by atoms with van der Waals surface area (Å²) in [6.07, 6.45) is 1.52. The van der Waals surface area contributed by atoms with Crippen molar-refractivity contribution in [3.8, 4) is 0 Å². The Bertz CT molecular complexity index is 583. The fourth-order valence-corrected chi connectivity index (χ4v) is 4.55. The van der Waals surface area contributed by atoms with Crippen LogP contribution < -0.4 is 5.48 Å². The highest BCUT2D eigenvalue weighted by Crippen LogP contribution is 2.21. The fourth-order valence-electron chi connectivity index (χ4n) is 2.40. The molecule has 20 heavy (non-hydrogen) atoms. The maximum absolute atomic E-state index is 10.00. The van der Waals surface area contributed by atoms with Crippen molar-refractivity contribution in [2.24, 2.45) is 0 Å². The first-order valence-corrected chi connectivity index (χ1v) is 10.2. The first-order chi connectivity index (χ1) is 9.61. The molecule has 1 radical (unpaired) electrons. The molecule has 4 heteroatoms. The van der Waals surface area contributed by atoms with Gasteiger partial charge in [0, 0.05) is 0 Å². The molecule has 2 aromatic carbocycles. The number of hydrogen-bond donors (Lipinski definition) is 1. The number of benzene rings is 2. The Morgan fingerprint density at radius 3 is 2.65 bits per heavy atom. The molecule has 0 spiro atoms. The Hall–Kier alpha value is -1.65. The van der Waals surface area contributed by atoms with Gasteiger partial charge in [0.05, 0.1) is 14.7 Å². The molecule has 0 bridgehead atoms. The zero-order valence-corrected chi connectivity index (χ0v) is 13.0. The molecule has 0 saturated heterocycles. The van der Waals surface area contributed by atoms with E-state index >= 15 is 0 Å². The van der Waals surface area contributed by atoms with Crippen LogP contribution in [0.3, 0.4) is 0 Å². The minimum absolute atomic E-state index is 0.558. The molecule has 0 aliphatic heterocycles. The molecule has 0 fully saturated rings. The lowest BCUT2D eigenvalue weighted by Gasteiger charge is -2.22. The van der Waals surface area contributed by atoms with Gasteiger partial charge in [0.15, 0.2) is 0 Å². The van der Waals surface area contributed by atoms with E-state index < -0.39 is 8.07 Å². The molecule has 3 nitrogen and oxygen atoms in total. The first kappa shape index (κ1) is 14.7. The van der Waals surface area contributed by atoms with Gasteiger partial charge in [0.2, 0.25) is 0 Å². The van der Waals surface area contributed by atoms with Crippen LogP contribution in [-0.2, 0) is 15.7 Å². The molecule has 0 aromatic heterocycles. The second kappa shape index (κ2) is 6.68. The minimum Gasteiger partial charge on any atom is -0.274 e. The summed E-state index contributed by atoms with van der Waals surface area (Å²) in [4.78, 5) is 15.0. The SMILES string of the molecule is C[Si](C)(CCON[C]=O)Cc1ccc2ccccc2c1. The highest BCUT2D eigenvalue weighted by molar-refractivity contribution is 6.76. The summed E-state index contributed by atoms with van der Waals surface area (Å²) in [5.74, 6) is 0. The van der Waals surface area contributed by atoms with Crippen molar-refractivity contribution >= 4 is 25.3 Å². The normalized spacial score (nSPS) is 11.5. The largest absolute Gasteiger partial charge is 0.335 e. The molecule has 1 N–H and O–H groups in total. The van der Waals surface area contributed by atoms with Crippen LogP contribution in [0.15, 0.2) is 42.5 Å². The summed E-state index contributed by atoms with van der Waals surface area (Å²) < 4.78 is 0. The first-order valence-electron chi connectivity index (χ1n) is 6.82. The van der Waals surface area contributed by atoms with Gasteiger partial charge in [0.25, 0.3) is 0 Å². The lowest BCUT2D eigenvalue weighted by Crippen LogP contribution is -2.31. The topological polar surface area (TPSA) is 38.3 Å². The molecule has 105 valence electrons. The summed E-state index contributed by atoms with van der Waals surface area (Å²) in [5, 5.41) is 2.58. The monoisotopic (exact) mass is 286 g/mol. The fraction of sp³-hybridized carbons (Fsp3) is 0.312. The van der Waals surface area contributed by atoms with Crippen molar-refractivity contribution in [3.63, 3.8) is 0 Å². The van der Waals surface area contributed by atoms with Crippen molar-refractivity contribution in [2.45, 2.75) is 25.2 Å². The lowest BCUT2D eigenvalue weighted by atomic mass is 10.1. The highest BCUT2D eigenvalue weighted by Gasteiger charge is 2.21. The van der Waals surface area contributed by atoms with Gasteiger partial charge in [-0.25, -0.2) is 5.48 Å². The van der Waals surface area contributed by atoms with Gasteiger partial charge in [-0.15, -0.1) is 0 Å². The number of nitrogens with one attached hydrogen (secondary N) is 1. The van der Waals surface area contributed by atoms with Crippen molar-refractivity contribution in [3.05, 3.63) is 48.0 Å². The number of rotatable bonds is 7. The molecule has 0 unspecified atom stereocenters. The van der Waals surface area contributed by atoms with Crippen LogP contribution in [0.2, 0.25) is 19.1 Å². The van der Waals surface area contributed by atoms with E-state index in [1.165, 1.54) is 22.7 Å². The van der Waals surface area contributed by atoms with Gasteiger partial charge in [0.1, 0.15) is 0 Å². The second-order valence-electron chi connectivity index (χ2n) is 5.83. The molecule has 0 saturated carbocycles. The van der Waals surface area contributed by atoms with Gasteiger partial charge >= 0.3 is 6.41 Å². The molecule has 0 aliphatic carbocycles. The van der Waals surface area contributed by atoms with Gasteiger partial charge in [-0.2, -0.15) is 0 Å². The van der Waals surface area contributed by atoms with Gasteiger partial charge in [-0.05, 0) is 22.9 Å². The Morgan fingerprint density at radius 2 is 1.90 bits per heavy atom. The van der Waals surface area contributed by atoms with Crippen molar-refractivity contribution in [2.75, 3.05) is 6.61 Å². The Kier molecular flexibility index (Phi) is 4.92. The van der Waals surface area contributed by atoms with Crippen LogP contribution in [-0.4, -0.2) is 21.1 Å². The molecule has 1 amide bonds. The summed E-state index contributed by atoms with van der Waals surface area (Å²) in [6, 6.07) is 17.2. The standard InChI is InChI=1S/C16H20NO2Si/c1-20(2,10-9-19-17-13-18)12-14-7-8-15-5-3-4-6-16(15)11-14/h3-8,11H,9-10,12H2,1-2H3,(H,17,18). The molecule has 0 aliphatic rings. The third-order valence-corrected chi connectivity index (χ3v) is 6.41. The Balaban J connectivity index is 2.00. The Labute approximate surface area is 120 Å². The number of amides is 1. The van der Waals surface area contributed by atoms with E-state index in [2.05, 4.69) is 61.0 Å². The molecule has 2 rings (SSSR count). The van der Waals surface area contributed by atoms with E-state index in [9.17, 15) is 4.79 Å². The number of hydrogen-bond acceptors (Lipinski definition) is 2. The summed E-state index contributed by atoms with van der Waals surface area (Å²) in [5.41, 5.74) is 3.51. The average Bonchev–Trinajstić information content (AvgIpc) is 2.43. The maximum Gasteiger partial charge on any atom is 0.335 e. The number of carbonyl (C=O) groups excluding carboxylic acids is 1. The van der Waals surface area contributed by atoms with Crippen molar-refractivity contribution in [1.29, 1.82) is 0 Å². The third kappa shape index (κ3) is 4.18. The van der Waals surface area contributed by atoms with Gasteiger partial charge < -0.3 is 0 Å². The van der Waals surface area contributed by atoms with Gasteiger partial charge in [-0.1, -0.05) is 61.1 Å². The number of fused-ring (bicyclic) bond motifs is 1. The average molecular weight is 286 g/mol. The third-order valence-electron chi connectivity index (χ3n) is 3.49. The summed E-state index contributed by atoms with van der Waals surface area (Å²) in [7, 11) is -1.38. The van der Waals surface area contributed by atoms with Crippen molar-refractivity contribution < 1.29 is 9.63 Å². The van der Waals surface area contributed by atoms with Crippen molar-refractivity contribution in [1.82, 2.24) is 5.48 Å². The zero-order valence-electron chi connectivity index (χ0n) is 12.0. The quantitative estimate of drug-likeness (QED) is 0.367. The van der Waals surface area contributed by atoms with Crippen LogP contribution in [0.4, 0.5) is 0 Å². The van der Waals surface area contributed by atoms with E-state index in [4.69, 9.17) is 4.84 Å². The molecule has 2 aromatic rings. The summed E-state index contributed by atoms with van der Waals surface area (Å²) in [6.45, 7) is 5.24. The Morgan fingerprint density at radius 1 is 1.15 bits per heavy atom. The van der Waals surface area contributed by atoms with Crippen LogP contribution in [0.25, 0.3) is 10.8 Å². The van der Waals surface area contributed by atoms with Gasteiger partial charge in [-0.3, -0.25) is 9.63 Å². The summed E-state index contributed by atoms with van der Waals surface area (Å²) >= 11 is 0. The van der Waals surface area contributed by atoms with Crippen LogP contribution in [0.1, 0.15) is 5.56 Å². The predicted molar refractivity (Wildman–Crippen MR) is 84.7 cm³/mol. The minimum atomic E-state index is -1.38. The predicted octanol–water partition coefficient (Wildman–Crippen LogP) is 3.22. The van der Waals surface area contributed by atoms with E-state index in [0.717, 1.165) is 12.1 Å². The van der Waals surface area contributed by atoms with E-state index in [0.29, 0.717) is 6.61 Å². The van der Waals surface area contributed by atoms with Crippen LogP contribution in [0, 0.1) is 0 Å². The maximum atomic E-state index is 10.00. The number of hydroxylamine groups is 1. The zero-order chi connectivity index (χ0) is 14.4. The molecular weight excluding hydrogens is 266 g/mol. The van der Waals surface area contributed by atoms with E-state index in [1.54, 1.807) is 0 Å². The molecule has 0 heterocycles. The van der Waals surface area contributed by atoms with Crippen LogP contribution in [0.5, 0.6) is 0 Å². The van der Waals surface area contributed by atoms with E-state index in [-0.39, 0.29) is 0 Å². The molecular formula is C16H20NO2Si. The van der Waals surface area contributed by atoms with E-state index in [1.807, 2.05) is 0 Å². The smallest absolute Gasteiger partial charge is 0.274 e. The van der Waals surface area contributed by atoms with Crippen LogP contribution >= 0.6 is 0 Å². The second-order valence-corrected chi connectivity index (χ2v) is 11.0. The molecule has 0 atom stereocenters. The lowest BCUT2D eigenvalue weighted by molar-refractivity contribution is 0.0936.